The molecule has 2 unspecified atom stereocenters. The van der Waals surface area contributed by atoms with Gasteiger partial charge in [-0.3, -0.25) is 4.79 Å². The Balaban J connectivity index is 2.11. The number of nitrogens with two attached hydrogens (primary N) is 1. The lowest BCUT2D eigenvalue weighted by atomic mass is 9.68. The van der Waals surface area contributed by atoms with Gasteiger partial charge in [0.15, 0.2) is 0 Å². The molecular weight excluding hydrogens is 196 g/mol. The van der Waals surface area contributed by atoms with Crippen LogP contribution in [-0.2, 0) is 9.53 Å². The molecule has 15 heavy (non-hydrogen) atoms. The maximum absolute atomic E-state index is 11.0. The predicted molar refractivity (Wildman–Crippen MR) is 54.5 cm³/mol. The van der Waals surface area contributed by atoms with Gasteiger partial charge in [0.2, 0.25) is 0 Å². The zero-order valence-corrected chi connectivity index (χ0v) is 8.98. The zero-order valence-electron chi connectivity index (χ0n) is 8.98. The molecule has 0 bridgehead atoms. The van der Waals surface area contributed by atoms with Gasteiger partial charge in [-0.25, -0.2) is 0 Å². The summed E-state index contributed by atoms with van der Waals surface area (Å²) in [6.45, 7) is 2.96. The summed E-state index contributed by atoms with van der Waals surface area (Å²) in [6.07, 6.45) is 1.03. The van der Waals surface area contributed by atoms with E-state index >= 15 is 0 Å². The van der Waals surface area contributed by atoms with Gasteiger partial charge in [0.05, 0.1) is 13.2 Å². The van der Waals surface area contributed by atoms with Crippen molar-refractivity contribution < 1.29 is 14.6 Å². The van der Waals surface area contributed by atoms with Crippen LogP contribution in [0.15, 0.2) is 0 Å². The lowest BCUT2D eigenvalue weighted by Gasteiger charge is -2.48. The lowest BCUT2D eigenvalue weighted by Crippen LogP contribution is -2.62. The van der Waals surface area contributed by atoms with Crippen molar-refractivity contribution in [3.05, 3.63) is 0 Å². The highest BCUT2D eigenvalue weighted by atomic mass is 16.5. The summed E-state index contributed by atoms with van der Waals surface area (Å²) in [7, 11) is 2.06. The van der Waals surface area contributed by atoms with E-state index in [0.717, 1.165) is 19.5 Å². The van der Waals surface area contributed by atoms with Crippen molar-refractivity contribution in [3.63, 3.8) is 0 Å². The van der Waals surface area contributed by atoms with E-state index in [1.165, 1.54) is 0 Å². The van der Waals surface area contributed by atoms with E-state index in [9.17, 15) is 4.79 Å². The average molecular weight is 214 g/mol. The van der Waals surface area contributed by atoms with Gasteiger partial charge in [0.1, 0.15) is 6.04 Å². The Bertz CT molecular complexity index is 265. The van der Waals surface area contributed by atoms with Crippen LogP contribution in [0.1, 0.15) is 6.42 Å². The Labute approximate surface area is 89.2 Å². The fourth-order valence-corrected chi connectivity index (χ4v) is 2.66. The van der Waals surface area contributed by atoms with E-state index in [0.29, 0.717) is 19.1 Å². The molecule has 0 aromatic heterocycles. The van der Waals surface area contributed by atoms with Crippen LogP contribution in [0.3, 0.4) is 0 Å². The largest absolute Gasteiger partial charge is 0.480 e. The molecule has 3 N–H and O–H groups in total. The van der Waals surface area contributed by atoms with Crippen molar-refractivity contribution in [2.24, 2.45) is 17.1 Å². The number of aliphatic carboxylic acids is 1. The predicted octanol–water partition coefficient (Wildman–Crippen LogP) is -0.633. The Kier molecular flexibility index (Phi) is 2.70. The first-order valence-corrected chi connectivity index (χ1v) is 5.31. The maximum Gasteiger partial charge on any atom is 0.321 e. The third-order valence-electron chi connectivity index (χ3n) is 3.83. The van der Waals surface area contributed by atoms with Gasteiger partial charge in [0.25, 0.3) is 0 Å². The minimum Gasteiger partial charge on any atom is -0.480 e. The molecule has 0 spiro atoms. The highest BCUT2D eigenvalue weighted by molar-refractivity contribution is 5.74. The smallest absolute Gasteiger partial charge is 0.321 e. The Hall–Kier alpha value is -0.650. The molecule has 2 atom stereocenters. The third kappa shape index (κ3) is 1.64. The zero-order chi connectivity index (χ0) is 11.1. The number of carboxylic acid groups (broad SMARTS) is 1. The first-order valence-electron chi connectivity index (χ1n) is 5.31. The van der Waals surface area contributed by atoms with Crippen molar-refractivity contribution in [1.29, 1.82) is 0 Å². The van der Waals surface area contributed by atoms with E-state index in [4.69, 9.17) is 15.6 Å². The second kappa shape index (κ2) is 3.73. The van der Waals surface area contributed by atoms with E-state index in [-0.39, 0.29) is 5.41 Å². The number of hydrogen-bond acceptors (Lipinski definition) is 4. The summed E-state index contributed by atoms with van der Waals surface area (Å²) < 4.78 is 5.20. The summed E-state index contributed by atoms with van der Waals surface area (Å²) in [5.74, 6) is -0.546. The molecule has 0 aromatic rings. The molecule has 0 saturated carbocycles. The third-order valence-corrected chi connectivity index (χ3v) is 3.83. The molecule has 5 heteroatoms. The molecular formula is C10H18N2O3. The van der Waals surface area contributed by atoms with Crippen LogP contribution in [-0.4, -0.2) is 55.4 Å². The van der Waals surface area contributed by atoms with Crippen molar-refractivity contribution in [1.82, 2.24) is 4.90 Å². The number of ether oxygens (including phenoxy) is 1. The number of carbonyl (C=O) groups is 1. The molecule has 0 aliphatic carbocycles. The van der Waals surface area contributed by atoms with Crippen LogP contribution in [0.4, 0.5) is 0 Å². The standard InChI is InChI=1S/C10H18N2O3/c1-12-3-2-7(4-12)10(5-15-6-10)8(11)9(13)14/h7-8H,2-6,11H2,1H3,(H,13,14). The molecule has 0 aromatic carbocycles. The first-order chi connectivity index (χ1) is 7.06. The molecule has 2 heterocycles. The van der Waals surface area contributed by atoms with E-state index in [2.05, 4.69) is 11.9 Å². The lowest BCUT2D eigenvalue weighted by molar-refractivity contribution is -0.176. The molecule has 2 saturated heterocycles. The summed E-state index contributed by atoms with van der Waals surface area (Å²) in [5, 5.41) is 9.01. The highest BCUT2D eigenvalue weighted by Gasteiger charge is 2.53. The van der Waals surface area contributed by atoms with Crippen LogP contribution in [0, 0.1) is 11.3 Å². The molecule has 0 amide bonds. The van der Waals surface area contributed by atoms with Crippen LogP contribution in [0.5, 0.6) is 0 Å². The van der Waals surface area contributed by atoms with Gasteiger partial charge in [-0.1, -0.05) is 0 Å². The van der Waals surface area contributed by atoms with Crippen molar-refractivity contribution in [2.45, 2.75) is 12.5 Å². The topological polar surface area (TPSA) is 75.8 Å². The van der Waals surface area contributed by atoms with Crippen LogP contribution >= 0.6 is 0 Å². The van der Waals surface area contributed by atoms with Crippen molar-refractivity contribution in [2.75, 3.05) is 33.4 Å². The van der Waals surface area contributed by atoms with Gasteiger partial charge in [-0.15, -0.1) is 0 Å². The summed E-state index contributed by atoms with van der Waals surface area (Å²) >= 11 is 0. The van der Waals surface area contributed by atoms with Crippen molar-refractivity contribution in [3.8, 4) is 0 Å². The van der Waals surface area contributed by atoms with Crippen LogP contribution in [0.25, 0.3) is 0 Å². The SMILES string of the molecule is CN1CCC(C2(C(N)C(=O)O)COC2)C1. The second-order valence-electron chi connectivity index (χ2n) is 4.79. The monoisotopic (exact) mass is 214 g/mol. The molecule has 5 nitrogen and oxygen atoms in total. The Morgan fingerprint density at radius 1 is 1.67 bits per heavy atom. The van der Waals surface area contributed by atoms with Crippen LogP contribution < -0.4 is 5.73 Å². The van der Waals surface area contributed by atoms with E-state index in [1.54, 1.807) is 0 Å². The number of carboxylic acids is 1. The quantitative estimate of drug-likeness (QED) is 0.654. The minimum absolute atomic E-state index is 0.323. The number of rotatable bonds is 3. The minimum atomic E-state index is -0.909. The fourth-order valence-electron chi connectivity index (χ4n) is 2.66. The molecule has 2 aliphatic heterocycles. The Morgan fingerprint density at radius 3 is 2.67 bits per heavy atom. The normalized spacial score (nSPS) is 32.3. The maximum atomic E-state index is 11.0. The molecule has 2 aliphatic rings. The van der Waals surface area contributed by atoms with E-state index in [1.807, 2.05) is 0 Å². The molecule has 0 radical (unpaired) electrons. The number of likely N-dealkylation sites (tertiary alicyclic amines) is 1. The molecule has 2 fully saturated rings. The van der Waals surface area contributed by atoms with Gasteiger partial charge in [-0.05, 0) is 25.9 Å². The van der Waals surface area contributed by atoms with Gasteiger partial charge < -0.3 is 20.5 Å². The van der Waals surface area contributed by atoms with Gasteiger partial charge >= 0.3 is 5.97 Å². The number of hydrogen-bond donors (Lipinski definition) is 2. The summed E-state index contributed by atoms with van der Waals surface area (Å²) in [4.78, 5) is 13.2. The highest BCUT2D eigenvalue weighted by Crippen LogP contribution is 2.42. The van der Waals surface area contributed by atoms with Gasteiger partial charge in [-0.2, -0.15) is 0 Å². The van der Waals surface area contributed by atoms with Crippen LogP contribution in [0.2, 0.25) is 0 Å². The molecule has 2 rings (SSSR count). The van der Waals surface area contributed by atoms with E-state index < -0.39 is 12.0 Å². The van der Waals surface area contributed by atoms with Crippen molar-refractivity contribution >= 4 is 5.97 Å². The van der Waals surface area contributed by atoms with Gasteiger partial charge in [0, 0.05) is 12.0 Å². The Morgan fingerprint density at radius 2 is 2.33 bits per heavy atom. The fraction of sp³-hybridized carbons (Fsp3) is 0.900. The molecule has 86 valence electrons. The summed E-state index contributed by atoms with van der Waals surface area (Å²) in [5.41, 5.74) is 5.46. The first kappa shape index (κ1) is 10.9. The second-order valence-corrected chi connectivity index (χ2v) is 4.79. The summed E-state index contributed by atoms with van der Waals surface area (Å²) in [6, 6.07) is -0.789. The average Bonchev–Trinajstić information content (AvgIpc) is 2.50. The number of nitrogens with zero attached hydrogens (tertiary/aromatic N) is 1.